The number of hydrogen-bond donors (Lipinski definition) is 1. The summed E-state index contributed by atoms with van der Waals surface area (Å²) in [6.45, 7) is 6.04. The van der Waals surface area contributed by atoms with E-state index < -0.39 is 0 Å². The van der Waals surface area contributed by atoms with E-state index in [9.17, 15) is 0 Å². The van der Waals surface area contributed by atoms with Crippen molar-refractivity contribution in [1.82, 2.24) is 5.32 Å². The van der Waals surface area contributed by atoms with Gasteiger partial charge in [0, 0.05) is 25.9 Å². The second-order valence-corrected chi connectivity index (χ2v) is 4.58. The van der Waals surface area contributed by atoms with Gasteiger partial charge in [-0.1, -0.05) is 6.92 Å². The minimum absolute atomic E-state index is 0.452. The Morgan fingerprint density at radius 1 is 1.20 bits per heavy atom. The second kappa shape index (κ2) is 5.83. The molecule has 0 spiro atoms. The van der Waals surface area contributed by atoms with E-state index in [1.165, 1.54) is 25.7 Å². The zero-order chi connectivity index (χ0) is 10.5. The van der Waals surface area contributed by atoms with E-state index in [1.807, 2.05) is 0 Å². The number of hydrogen-bond acceptors (Lipinski definition) is 3. The average molecular weight is 213 g/mol. The predicted molar refractivity (Wildman–Crippen MR) is 60.0 cm³/mol. The van der Waals surface area contributed by atoms with Crippen LogP contribution in [0.25, 0.3) is 0 Å². The van der Waals surface area contributed by atoms with Gasteiger partial charge in [0.15, 0.2) is 0 Å². The van der Waals surface area contributed by atoms with Crippen LogP contribution in [0, 0.1) is 5.92 Å². The van der Waals surface area contributed by atoms with Gasteiger partial charge >= 0.3 is 0 Å². The van der Waals surface area contributed by atoms with E-state index in [4.69, 9.17) is 9.47 Å². The molecule has 2 aliphatic heterocycles. The van der Waals surface area contributed by atoms with Gasteiger partial charge in [0.1, 0.15) is 0 Å². The smallest absolute Gasteiger partial charge is 0.0731 e. The molecule has 0 aromatic rings. The Bertz CT molecular complexity index is 174. The monoisotopic (exact) mass is 213 g/mol. The van der Waals surface area contributed by atoms with Crippen LogP contribution in [0.15, 0.2) is 0 Å². The average Bonchev–Trinajstić information content (AvgIpc) is 2.80. The van der Waals surface area contributed by atoms with Crippen molar-refractivity contribution >= 4 is 0 Å². The molecule has 15 heavy (non-hydrogen) atoms. The van der Waals surface area contributed by atoms with Crippen molar-refractivity contribution < 1.29 is 9.47 Å². The lowest BCUT2D eigenvalue weighted by molar-refractivity contribution is 0.0102. The van der Waals surface area contributed by atoms with Gasteiger partial charge in [0.25, 0.3) is 0 Å². The zero-order valence-corrected chi connectivity index (χ0v) is 9.71. The maximum absolute atomic E-state index is 5.82. The first-order chi connectivity index (χ1) is 7.42. The van der Waals surface area contributed by atoms with Crippen LogP contribution >= 0.6 is 0 Å². The van der Waals surface area contributed by atoms with E-state index in [0.29, 0.717) is 12.1 Å². The SMILES string of the molecule is CCNC(C1CCOCC1)C1CCCO1. The lowest BCUT2D eigenvalue weighted by atomic mass is 9.87. The molecular formula is C12H23NO2. The maximum Gasteiger partial charge on any atom is 0.0731 e. The molecule has 3 heteroatoms. The van der Waals surface area contributed by atoms with Crippen LogP contribution < -0.4 is 5.32 Å². The summed E-state index contributed by atoms with van der Waals surface area (Å²) in [5.74, 6) is 0.752. The quantitative estimate of drug-likeness (QED) is 0.769. The highest BCUT2D eigenvalue weighted by Crippen LogP contribution is 2.26. The van der Waals surface area contributed by atoms with Gasteiger partial charge in [0.2, 0.25) is 0 Å². The Balaban J connectivity index is 1.90. The van der Waals surface area contributed by atoms with Crippen molar-refractivity contribution in [1.29, 1.82) is 0 Å². The third-order valence-corrected chi connectivity index (χ3v) is 3.58. The fourth-order valence-corrected chi connectivity index (χ4v) is 2.80. The van der Waals surface area contributed by atoms with Crippen LogP contribution in [0.4, 0.5) is 0 Å². The van der Waals surface area contributed by atoms with Gasteiger partial charge in [-0.15, -0.1) is 0 Å². The highest BCUT2D eigenvalue weighted by Gasteiger charge is 2.32. The minimum Gasteiger partial charge on any atom is -0.381 e. The number of ether oxygens (including phenoxy) is 2. The van der Waals surface area contributed by atoms with Crippen LogP contribution in [0.2, 0.25) is 0 Å². The molecule has 2 fully saturated rings. The summed E-state index contributed by atoms with van der Waals surface area (Å²) in [4.78, 5) is 0. The molecule has 3 nitrogen and oxygen atoms in total. The van der Waals surface area contributed by atoms with Gasteiger partial charge in [-0.3, -0.25) is 0 Å². The van der Waals surface area contributed by atoms with E-state index in [1.54, 1.807) is 0 Å². The molecule has 0 aliphatic carbocycles. The van der Waals surface area contributed by atoms with Crippen molar-refractivity contribution in [3.63, 3.8) is 0 Å². The number of nitrogens with one attached hydrogen (secondary N) is 1. The lowest BCUT2D eigenvalue weighted by Gasteiger charge is -2.34. The zero-order valence-electron chi connectivity index (χ0n) is 9.71. The summed E-state index contributed by atoms with van der Waals surface area (Å²) in [6.07, 6.45) is 5.30. The first-order valence-electron chi connectivity index (χ1n) is 6.34. The molecule has 88 valence electrons. The van der Waals surface area contributed by atoms with Crippen LogP contribution in [0.1, 0.15) is 32.6 Å². The van der Waals surface area contributed by atoms with Crippen LogP contribution in [0.3, 0.4) is 0 Å². The van der Waals surface area contributed by atoms with E-state index >= 15 is 0 Å². The van der Waals surface area contributed by atoms with E-state index in [-0.39, 0.29) is 0 Å². The summed E-state index contributed by atoms with van der Waals surface area (Å²) in [6, 6.07) is 0.557. The van der Waals surface area contributed by atoms with Crippen molar-refractivity contribution in [3.05, 3.63) is 0 Å². The van der Waals surface area contributed by atoms with Crippen LogP contribution in [-0.4, -0.2) is 38.5 Å². The number of rotatable bonds is 4. The summed E-state index contributed by atoms with van der Waals surface area (Å²) in [5, 5.41) is 3.61. The molecular weight excluding hydrogens is 190 g/mol. The largest absolute Gasteiger partial charge is 0.381 e. The van der Waals surface area contributed by atoms with Gasteiger partial charge in [-0.2, -0.15) is 0 Å². The second-order valence-electron chi connectivity index (χ2n) is 4.58. The molecule has 0 aromatic heterocycles. The molecule has 2 rings (SSSR count). The highest BCUT2D eigenvalue weighted by molar-refractivity contribution is 4.87. The molecule has 2 atom stereocenters. The van der Waals surface area contributed by atoms with Crippen molar-refractivity contribution in [2.45, 2.75) is 44.8 Å². The Morgan fingerprint density at radius 3 is 2.60 bits per heavy atom. The predicted octanol–water partition coefficient (Wildman–Crippen LogP) is 1.57. The van der Waals surface area contributed by atoms with Gasteiger partial charge in [-0.25, -0.2) is 0 Å². The van der Waals surface area contributed by atoms with Crippen LogP contribution in [-0.2, 0) is 9.47 Å². The molecule has 2 unspecified atom stereocenters. The number of likely N-dealkylation sites (N-methyl/N-ethyl adjacent to an activating group) is 1. The Hall–Kier alpha value is -0.120. The molecule has 1 N–H and O–H groups in total. The molecule has 2 heterocycles. The van der Waals surface area contributed by atoms with Crippen molar-refractivity contribution in [2.75, 3.05) is 26.4 Å². The first-order valence-corrected chi connectivity index (χ1v) is 6.34. The Labute approximate surface area is 92.5 Å². The standard InChI is InChI=1S/C12H23NO2/c1-2-13-12(11-4-3-7-15-11)10-5-8-14-9-6-10/h10-13H,2-9H2,1H3. The van der Waals surface area contributed by atoms with Gasteiger partial charge < -0.3 is 14.8 Å². The fourth-order valence-electron chi connectivity index (χ4n) is 2.80. The molecule has 0 radical (unpaired) electrons. The third kappa shape index (κ3) is 2.92. The Kier molecular flexibility index (Phi) is 4.42. The summed E-state index contributed by atoms with van der Waals surface area (Å²) in [5.41, 5.74) is 0. The van der Waals surface area contributed by atoms with Crippen molar-refractivity contribution in [2.24, 2.45) is 5.92 Å². The summed E-state index contributed by atoms with van der Waals surface area (Å²) >= 11 is 0. The van der Waals surface area contributed by atoms with Gasteiger partial charge in [0.05, 0.1) is 6.10 Å². The van der Waals surface area contributed by atoms with Crippen LogP contribution in [0.5, 0.6) is 0 Å². The van der Waals surface area contributed by atoms with E-state index in [2.05, 4.69) is 12.2 Å². The minimum atomic E-state index is 0.452. The lowest BCUT2D eigenvalue weighted by Crippen LogP contribution is -2.46. The van der Waals surface area contributed by atoms with E-state index in [0.717, 1.165) is 32.3 Å². The van der Waals surface area contributed by atoms with Crippen molar-refractivity contribution in [3.8, 4) is 0 Å². The topological polar surface area (TPSA) is 30.5 Å². The maximum atomic E-state index is 5.82. The first kappa shape index (κ1) is 11.4. The fraction of sp³-hybridized carbons (Fsp3) is 1.00. The normalized spacial score (nSPS) is 30.6. The van der Waals surface area contributed by atoms with Gasteiger partial charge in [-0.05, 0) is 38.1 Å². The molecule has 0 saturated carbocycles. The summed E-state index contributed by atoms with van der Waals surface area (Å²) in [7, 11) is 0. The Morgan fingerprint density at radius 2 is 2.00 bits per heavy atom. The molecule has 0 amide bonds. The summed E-state index contributed by atoms with van der Waals surface area (Å²) < 4.78 is 11.2. The third-order valence-electron chi connectivity index (χ3n) is 3.58. The molecule has 0 bridgehead atoms. The molecule has 0 aromatic carbocycles. The molecule has 2 saturated heterocycles. The molecule has 2 aliphatic rings. The highest BCUT2D eigenvalue weighted by atomic mass is 16.5.